The highest BCUT2D eigenvalue weighted by Gasteiger charge is 2.23. The third-order valence-corrected chi connectivity index (χ3v) is 8.15. The molecular formula is C27H28Cl2N2O2S2. The number of aromatic nitrogens is 1. The molecule has 35 heavy (non-hydrogen) atoms. The molecule has 2 aromatic heterocycles. The van der Waals surface area contributed by atoms with Gasteiger partial charge in [0.1, 0.15) is 4.88 Å². The van der Waals surface area contributed by atoms with Crippen LogP contribution < -0.4 is 5.32 Å². The number of halogens is 2. The molecule has 0 aliphatic carbocycles. The maximum Gasteiger partial charge on any atom is 0.348 e. The number of nitrogens with zero attached hydrogens (tertiary/aromatic N) is 1. The Bertz CT molecular complexity index is 1310. The number of thiophene rings is 1. The Morgan fingerprint density at radius 2 is 1.71 bits per heavy atom. The number of carboxylic acid groups (broad SMARTS) is 1. The lowest BCUT2D eigenvalue weighted by Crippen LogP contribution is -1.99. The molecule has 0 bridgehead atoms. The molecule has 0 atom stereocenters. The van der Waals surface area contributed by atoms with Gasteiger partial charge in [-0.2, -0.15) is 0 Å². The topological polar surface area (TPSA) is 62.2 Å². The van der Waals surface area contributed by atoms with E-state index in [9.17, 15) is 9.90 Å². The fraction of sp³-hybridized carbons (Fsp3) is 0.259. The van der Waals surface area contributed by atoms with Crippen LogP contribution in [0.5, 0.6) is 0 Å². The predicted octanol–water partition coefficient (Wildman–Crippen LogP) is 9.82. The molecule has 0 radical (unpaired) electrons. The highest BCUT2D eigenvalue weighted by atomic mass is 35.5. The highest BCUT2D eigenvalue weighted by Crippen LogP contribution is 2.43. The molecule has 4 rings (SSSR count). The second-order valence-corrected chi connectivity index (χ2v) is 11.0. The Labute approximate surface area is 224 Å². The van der Waals surface area contributed by atoms with Crippen molar-refractivity contribution < 1.29 is 9.90 Å². The molecule has 0 saturated heterocycles. The Morgan fingerprint density at radius 1 is 1.03 bits per heavy atom. The van der Waals surface area contributed by atoms with Crippen LogP contribution in [0.2, 0.25) is 10.0 Å². The fourth-order valence-corrected chi connectivity index (χ4v) is 6.17. The molecule has 2 aromatic carbocycles. The lowest BCUT2D eigenvalue weighted by Gasteiger charge is -2.06. The van der Waals surface area contributed by atoms with E-state index >= 15 is 0 Å². The molecule has 8 heteroatoms. The fourth-order valence-electron chi connectivity index (χ4n) is 3.57. The van der Waals surface area contributed by atoms with Crippen LogP contribution in [0.1, 0.15) is 47.8 Å². The zero-order chi connectivity index (χ0) is 25.7. The summed E-state index contributed by atoms with van der Waals surface area (Å²) in [4.78, 5) is 19.2. The van der Waals surface area contributed by atoms with E-state index < -0.39 is 5.97 Å². The van der Waals surface area contributed by atoms with E-state index in [0.717, 1.165) is 38.6 Å². The zero-order valence-corrected chi connectivity index (χ0v) is 23.4. The van der Waals surface area contributed by atoms with Gasteiger partial charge < -0.3 is 10.4 Å². The molecule has 4 nitrogen and oxygen atoms in total. The van der Waals surface area contributed by atoms with Crippen LogP contribution in [0.15, 0.2) is 48.5 Å². The maximum absolute atomic E-state index is 12.0. The largest absolute Gasteiger partial charge is 0.477 e. The van der Waals surface area contributed by atoms with Gasteiger partial charge in [-0.3, -0.25) is 0 Å². The van der Waals surface area contributed by atoms with Gasteiger partial charge in [0.25, 0.3) is 0 Å². The van der Waals surface area contributed by atoms with Gasteiger partial charge in [-0.25, -0.2) is 9.78 Å². The molecule has 2 N–H and O–H groups in total. The van der Waals surface area contributed by atoms with Crippen LogP contribution in [-0.4, -0.2) is 16.1 Å². The summed E-state index contributed by atoms with van der Waals surface area (Å²) >= 11 is 15.2. The minimum Gasteiger partial charge on any atom is -0.477 e. The number of thiazole rings is 1. The van der Waals surface area contributed by atoms with Crippen molar-refractivity contribution in [2.45, 2.75) is 41.0 Å². The van der Waals surface area contributed by atoms with E-state index in [1.165, 1.54) is 22.7 Å². The Hall–Kier alpha value is -2.38. The van der Waals surface area contributed by atoms with Crippen molar-refractivity contribution in [3.05, 3.63) is 73.9 Å². The normalized spacial score (nSPS) is 10.7. The van der Waals surface area contributed by atoms with E-state index in [-0.39, 0.29) is 4.88 Å². The summed E-state index contributed by atoms with van der Waals surface area (Å²) in [6.07, 6.45) is 0.846. The summed E-state index contributed by atoms with van der Waals surface area (Å²) < 4.78 is 0. The van der Waals surface area contributed by atoms with Gasteiger partial charge >= 0.3 is 5.97 Å². The van der Waals surface area contributed by atoms with E-state index in [1.807, 2.05) is 63.2 Å². The molecule has 0 amide bonds. The predicted molar refractivity (Wildman–Crippen MR) is 152 cm³/mol. The lowest BCUT2D eigenvalue weighted by molar-refractivity contribution is 0.0703. The summed E-state index contributed by atoms with van der Waals surface area (Å²) in [6, 6.07) is 15.3. The van der Waals surface area contributed by atoms with Crippen LogP contribution in [-0.2, 0) is 6.42 Å². The minimum atomic E-state index is -0.962. The van der Waals surface area contributed by atoms with Gasteiger partial charge in [0.15, 0.2) is 5.13 Å². The average molecular weight is 548 g/mol. The van der Waals surface area contributed by atoms with Crippen LogP contribution in [0, 0.1) is 12.8 Å². The molecule has 0 unspecified atom stereocenters. The van der Waals surface area contributed by atoms with Crippen molar-refractivity contribution in [1.29, 1.82) is 0 Å². The first-order valence-corrected chi connectivity index (χ1v) is 13.8. The Morgan fingerprint density at radius 3 is 2.31 bits per heavy atom. The van der Waals surface area contributed by atoms with Gasteiger partial charge in [-0.15, -0.1) is 22.7 Å². The summed E-state index contributed by atoms with van der Waals surface area (Å²) in [5.41, 5.74) is 4.18. The van der Waals surface area contributed by atoms with Crippen molar-refractivity contribution >= 4 is 62.7 Å². The number of carbonyl (C=O) groups is 1. The number of hydrogen-bond acceptors (Lipinski definition) is 5. The molecule has 2 heterocycles. The number of benzene rings is 2. The lowest BCUT2D eigenvalue weighted by atomic mass is 10.0. The van der Waals surface area contributed by atoms with Crippen LogP contribution >= 0.6 is 45.9 Å². The first-order chi connectivity index (χ1) is 16.7. The van der Waals surface area contributed by atoms with Crippen molar-refractivity contribution in [1.82, 2.24) is 4.98 Å². The van der Waals surface area contributed by atoms with Gasteiger partial charge in [-0.05, 0) is 42.5 Å². The van der Waals surface area contributed by atoms with Gasteiger partial charge in [0.05, 0.1) is 21.4 Å². The molecule has 0 aliphatic heterocycles. The second kappa shape index (κ2) is 12.0. The summed E-state index contributed by atoms with van der Waals surface area (Å²) in [6.45, 7) is 10.3. The van der Waals surface area contributed by atoms with Crippen molar-refractivity contribution in [3.8, 4) is 21.7 Å². The van der Waals surface area contributed by atoms with E-state index in [1.54, 1.807) is 6.07 Å². The number of rotatable bonds is 7. The molecule has 0 aliphatic rings. The monoisotopic (exact) mass is 546 g/mol. The molecular weight excluding hydrogens is 519 g/mol. The average Bonchev–Trinajstić information content (AvgIpc) is 3.38. The number of anilines is 2. The van der Waals surface area contributed by atoms with E-state index in [4.69, 9.17) is 28.2 Å². The Kier molecular flexibility index (Phi) is 9.36. The smallest absolute Gasteiger partial charge is 0.348 e. The number of carboxylic acids is 1. The van der Waals surface area contributed by atoms with Gasteiger partial charge in [0, 0.05) is 15.3 Å². The zero-order valence-electron chi connectivity index (χ0n) is 20.3. The minimum absolute atomic E-state index is 0.267. The van der Waals surface area contributed by atoms with Crippen LogP contribution in [0.4, 0.5) is 10.8 Å². The first kappa shape index (κ1) is 27.2. The van der Waals surface area contributed by atoms with E-state index in [2.05, 4.69) is 19.2 Å². The SMILES string of the molecule is CC.Cc1c(-c2ccccc2)sc(C(=O)O)c1Nc1nc(-c2ccc(Cl)c(Cl)c2)c(CC(C)C)s1. The third-order valence-electron chi connectivity index (χ3n) is 5.09. The second-order valence-electron chi connectivity index (χ2n) is 8.07. The summed E-state index contributed by atoms with van der Waals surface area (Å²) in [5.74, 6) is -0.529. The van der Waals surface area contributed by atoms with Crippen LogP contribution in [0.25, 0.3) is 21.7 Å². The number of nitrogens with one attached hydrogen (secondary N) is 1. The quantitative estimate of drug-likeness (QED) is 0.242. The summed E-state index contributed by atoms with van der Waals surface area (Å²) in [7, 11) is 0. The van der Waals surface area contributed by atoms with E-state index in [0.29, 0.717) is 26.8 Å². The Balaban J connectivity index is 0.00000167. The first-order valence-electron chi connectivity index (χ1n) is 11.4. The maximum atomic E-state index is 12.0. The van der Waals surface area contributed by atoms with Crippen molar-refractivity contribution in [2.24, 2.45) is 5.92 Å². The summed E-state index contributed by atoms with van der Waals surface area (Å²) in [5, 5.41) is 14.8. The van der Waals surface area contributed by atoms with Crippen LogP contribution in [0.3, 0.4) is 0 Å². The molecule has 4 aromatic rings. The molecule has 0 fully saturated rings. The van der Waals surface area contributed by atoms with Crippen molar-refractivity contribution in [2.75, 3.05) is 5.32 Å². The number of aromatic carboxylic acids is 1. The standard InChI is InChI=1S/C25H22Cl2N2O2S2.C2H6/c1-13(2)11-19-21(16-9-10-17(26)18(27)12-16)29-25(32-19)28-20-14(3)22(33-23(20)24(30)31)15-7-5-4-6-8-15;1-2/h4-10,12-13H,11H2,1-3H3,(H,28,29)(H,30,31);1-2H3. The molecule has 0 saturated carbocycles. The van der Waals surface area contributed by atoms with Gasteiger partial charge in [0.2, 0.25) is 0 Å². The highest BCUT2D eigenvalue weighted by molar-refractivity contribution is 7.18. The van der Waals surface area contributed by atoms with Gasteiger partial charge in [-0.1, -0.05) is 87.3 Å². The molecule has 184 valence electrons. The molecule has 0 spiro atoms. The third kappa shape index (κ3) is 6.25. The van der Waals surface area contributed by atoms with Crippen molar-refractivity contribution in [3.63, 3.8) is 0 Å². The number of hydrogen-bond donors (Lipinski definition) is 2.